The Morgan fingerprint density at radius 1 is 1.00 bits per heavy atom. The van der Waals surface area contributed by atoms with Crippen molar-refractivity contribution in [1.29, 1.82) is 0 Å². The molecular weight excluding hydrogens is 380 g/mol. The van der Waals surface area contributed by atoms with Crippen LogP contribution in [0.3, 0.4) is 0 Å². The summed E-state index contributed by atoms with van der Waals surface area (Å²) in [6, 6.07) is 2.05. The molecule has 30 heavy (non-hydrogen) atoms. The highest BCUT2D eigenvalue weighted by Gasteiger charge is 2.27. The molecule has 4 heterocycles. The summed E-state index contributed by atoms with van der Waals surface area (Å²) >= 11 is 0. The zero-order valence-electron chi connectivity index (χ0n) is 18.3. The van der Waals surface area contributed by atoms with Gasteiger partial charge in [-0.25, -0.2) is 9.67 Å². The van der Waals surface area contributed by atoms with Gasteiger partial charge in [-0.2, -0.15) is 5.10 Å². The van der Waals surface area contributed by atoms with Crippen molar-refractivity contribution < 1.29 is 9.59 Å². The summed E-state index contributed by atoms with van der Waals surface area (Å²) < 4.78 is 1.86. The predicted molar refractivity (Wildman–Crippen MR) is 115 cm³/mol. The molecule has 2 aliphatic heterocycles. The van der Waals surface area contributed by atoms with Crippen molar-refractivity contribution in [1.82, 2.24) is 29.5 Å². The molecule has 8 heteroatoms. The Morgan fingerprint density at radius 3 is 2.37 bits per heavy atom. The average Bonchev–Trinajstić information content (AvgIpc) is 3.18. The summed E-state index contributed by atoms with van der Waals surface area (Å²) in [6.07, 6.45) is 5.20. The second kappa shape index (κ2) is 8.71. The number of piperidine rings is 1. The number of amides is 2. The Kier molecular flexibility index (Phi) is 6.04. The van der Waals surface area contributed by atoms with Gasteiger partial charge in [0, 0.05) is 51.0 Å². The van der Waals surface area contributed by atoms with Crippen LogP contribution in [0.4, 0.5) is 0 Å². The van der Waals surface area contributed by atoms with Crippen LogP contribution in [0.25, 0.3) is 11.0 Å². The number of carbonyl (C=O) groups is 2. The zero-order chi connectivity index (χ0) is 21.3. The highest BCUT2D eigenvalue weighted by molar-refractivity contribution is 6.05. The van der Waals surface area contributed by atoms with Crippen LogP contribution in [0.15, 0.2) is 12.3 Å². The minimum atomic E-state index is 0.0239. The van der Waals surface area contributed by atoms with Gasteiger partial charge in [0.1, 0.15) is 0 Å². The number of rotatable bonds is 4. The highest BCUT2D eigenvalue weighted by Crippen LogP contribution is 2.23. The average molecular weight is 413 g/mol. The number of hydrogen-bond donors (Lipinski definition) is 0. The van der Waals surface area contributed by atoms with Gasteiger partial charge in [0.2, 0.25) is 5.91 Å². The lowest BCUT2D eigenvalue weighted by Crippen LogP contribution is -2.52. The molecule has 0 spiro atoms. The van der Waals surface area contributed by atoms with Crippen LogP contribution < -0.4 is 0 Å². The van der Waals surface area contributed by atoms with Crippen molar-refractivity contribution in [3.05, 3.63) is 23.5 Å². The molecule has 8 nitrogen and oxygen atoms in total. The number of carbonyl (C=O) groups excluding carboxylic acids is 2. The minimum Gasteiger partial charge on any atom is -0.342 e. The Hall–Kier alpha value is -2.48. The maximum absolute atomic E-state index is 13.3. The van der Waals surface area contributed by atoms with Crippen LogP contribution in [-0.2, 0) is 4.79 Å². The van der Waals surface area contributed by atoms with Crippen LogP contribution in [-0.4, -0.2) is 87.1 Å². The summed E-state index contributed by atoms with van der Waals surface area (Å²) in [4.78, 5) is 36.5. The second-order valence-corrected chi connectivity index (χ2v) is 8.74. The van der Waals surface area contributed by atoms with E-state index >= 15 is 0 Å². The van der Waals surface area contributed by atoms with Crippen LogP contribution in [0.1, 0.15) is 55.2 Å². The summed E-state index contributed by atoms with van der Waals surface area (Å²) in [6.45, 7) is 11.0. The molecule has 0 aliphatic carbocycles. The van der Waals surface area contributed by atoms with E-state index in [4.69, 9.17) is 0 Å². The Morgan fingerprint density at radius 2 is 1.70 bits per heavy atom. The molecule has 0 radical (unpaired) electrons. The number of aryl methyl sites for hydroxylation is 1. The second-order valence-electron chi connectivity index (χ2n) is 8.74. The maximum atomic E-state index is 13.3. The predicted octanol–water partition coefficient (Wildman–Crippen LogP) is 2.09. The number of nitrogens with zero attached hydrogens (tertiary/aromatic N) is 6. The summed E-state index contributed by atoms with van der Waals surface area (Å²) in [5.74, 6) is 0.248. The van der Waals surface area contributed by atoms with E-state index in [-0.39, 0.29) is 17.9 Å². The smallest absolute Gasteiger partial charge is 0.254 e. The van der Waals surface area contributed by atoms with E-state index in [0.29, 0.717) is 25.2 Å². The number of aromatic nitrogens is 3. The summed E-state index contributed by atoms with van der Waals surface area (Å²) in [5, 5.41) is 5.25. The molecule has 0 saturated carbocycles. The van der Waals surface area contributed by atoms with Gasteiger partial charge in [0.05, 0.1) is 23.7 Å². The molecule has 0 N–H and O–H groups in total. The van der Waals surface area contributed by atoms with Gasteiger partial charge < -0.3 is 9.80 Å². The minimum absolute atomic E-state index is 0.0239. The van der Waals surface area contributed by atoms with Crippen LogP contribution >= 0.6 is 0 Å². The first kappa shape index (κ1) is 20.8. The lowest BCUT2D eigenvalue weighted by molar-refractivity contribution is -0.133. The van der Waals surface area contributed by atoms with E-state index < -0.39 is 0 Å². The Balaban J connectivity index is 1.41. The summed E-state index contributed by atoms with van der Waals surface area (Å²) in [5.41, 5.74) is 2.25. The van der Waals surface area contributed by atoms with Gasteiger partial charge in [-0.1, -0.05) is 0 Å². The Bertz CT molecular complexity index is 923. The van der Waals surface area contributed by atoms with Gasteiger partial charge in [-0.05, 0) is 46.1 Å². The number of hydrogen-bond acceptors (Lipinski definition) is 5. The molecule has 0 unspecified atom stereocenters. The van der Waals surface area contributed by atoms with E-state index in [1.165, 1.54) is 6.42 Å². The fourth-order valence-electron chi connectivity index (χ4n) is 4.41. The van der Waals surface area contributed by atoms with Crippen molar-refractivity contribution in [3.63, 3.8) is 0 Å². The van der Waals surface area contributed by atoms with E-state index in [1.807, 2.05) is 27.5 Å². The molecular formula is C22H32N6O2. The van der Waals surface area contributed by atoms with Gasteiger partial charge >= 0.3 is 0 Å². The largest absolute Gasteiger partial charge is 0.342 e. The number of piperazine rings is 1. The molecule has 0 aromatic carbocycles. The normalized spacial score (nSPS) is 18.4. The third-order valence-electron chi connectivity index (χ3n) is 6.14. The third kappa shape index (κ3) is 4.19. The lowest BCUT2D eigenvalue weighted by Gasteiger charge is -2.36. The molecule has 2 fully saturated rings. The van der Waals surface area contributed by atoms with Crippen LogP contribution in [0, 0.1) is 6.92 Å². The van der Waals surface area contributed by atoms with Gasteiger partial charge in [-0.15, -0.1) is 0 Å². The van der Waals surface area contributed by atoms with Crippen LogP contribution in [0.2, 0.25) is 0 Å². The van der Waals surface area contributed by atoms with Gasteiger partial charge in [0.25, 0.3) is 5.91 Å². The first-order valence-corrected chi connectivity index (χ1v) is 11.1. The lowest BCUT2D eigenvalue weighted by atomic mass is 10.1. The van der Waals surface area contributed by atoms with Crippen molar-refractivity contribution in [2.24, 2.45) is 0 Å². The standard InChI is InChI=1S/C22H32N6O2/c1-16(2)28-21-19(14-23-28)18(13-17(3)24-21)22(30)27-11-9-25(10-12-27)15-20(29)26-7-5-4-6-8-26/h13-14,16H,4-12,15H2,1-3H3. The van der Waals surface area contributed by atoms with E-state index in [0.717, 1.165) is 55.7 Å². The number of likely N-dealkylation sites (tertiary alicyclic amines) is 1. The van der Waals surface area contributed by atoms with Gasteiger partial charge in [-0.3, -0.25) is 14.5 Å². The first-order chi connectivity index (χ1) is 14.4. The molecule has 4 rings (SSSR count). The molecule has 2 saturated heterocycles. The number of fused-ring (bicyclic) bond motifs is 1. The van der Waals surface area contributed by atoms with Crippen molar-refractivity contribution in [3.8, 4) is 0 Å². The molecule has 2 aliphatic rings. The molecule has 0 bridgehead atoms. The van der Waals surface area contributed by atoms with E-state index in [1.54, 1.807) is 6.20 Å². The number of pyridine rings is 1. The fourth-order valence-corrected chi connectivity index (χ4v) is 4.41. The SMILES string of the molecule is Cc1cc(C(=O)N2CCN(CC(=O)N3CCCCC3)CC2)c2cnn(C(C)C)c2n1. The molecule has 2 aromatic rings. The monoisotopic (exact) mass is 412 g/mol. The van der Waals surface area contributed by atoms with Crippen molar-refractivity contribution >= 4 is 22.8 Å². The quantitative estimate of drug-likeness (QED) is 0.769. The maximum Gasteiger partial charge on any atom is 0.254 e. The fraction of sp³-hybridized carbons (Fsp3) is 0.636. The van der Waals surface area contributed by atoms with E-state index in [2.05, 4.69) is 28.8 Å². The molecule has 0 atom stereocenters. The first-order valence-electron chi connectivity index (χ1n) is 11.1. The molecule has 162 valence electrons. The van der Waals surface area contributed by atoms with E-state index in [9.17, 15) is 9.59 Å². The zero-order valence-corrected chi connectivity index (χ0v) is 18.3. The van der Waals surface area contributed by atoms with Gasteiger partial charge in [0.15, 0.2) is 5.65 Å². The highest BCUT2D eigenvalue weighted by atomic mass is 16.2. The molecule has 2 amide bonds. The van der Waals surface area contributed by atoms with Crippen molar-refractivity contribution in [2.45, 2.75) is 46.1 Å². The van der Waals surface area contributed by atoms with Crippen molar-refractivity contribution in [2.75, 3.05) is 45.8 Å². The molecule has 2 aromatic heterocycles. The Labute approximate surface area is 177 Å². The topological polar surface area (TPSA) is 74.6 Å². The summed E-state index contributed by atoms with van der Waals surface area (Å²) in [7, 11) is 0. The third-order valence-corrected chi connectivity index (χ3v) is 6.14. The van der Waals surface area contributed by atoms with Crippen LogP contribution in [0.5, 0.6) is 0 Å².